The van der Waals surface area contributed by atoms with E-state index >= 15 is 0 Å². The summed E-state index contributed by atoms with van der Waals surface area (Å²) in [6.07, 6.45) is 2.57. The SMILES string of the molecule is Cc1ccccc1N(C)C1CCC(C)NC1. The summed E-state index contributed by atoms with van der Waals surface area (Å²) in [6, 6.07) is 9.95. The number of hydrogen-bond donors (Lipinski definition) is 1. The van der Waals surface area contributed by atoms with Crippen molar-refractivity contribution in [3.63, 3.8) is 0 Å². The summed E-state index contributed by atoms with van der Waals surface area (Å²) in [4.78, 5) is 2.42. The first kappa shape index (κ1) is 11.5. The number of nitrogens with zero attached hydrogens (tertiary/aromatic N) is 1. The third kappa shape index (κ3) is 2.38. The quantitative estimate of drug-likeness (QED) is 0.820. The van der Waals surface area contributed by atoms with E-state index < -0.39 is 0 Å². The molecular formula is C14H22N2. The van der Waals surface area contributed by atoms with Gasteiger partial charge in [-0.3, -0.25) is 0 Å². The fourth-order valence-electron chi connectivity index (χ4n) is 2.47. The molecule has 2 rings (SSSR count). The number of anilines is 1. The smallest absolute Gasteiger partial charge is 0.0412 e. The van der Waals surface area contributed by atoms with Crippen LogP contribution in [0.15, 0.2) is 24.3 Å². The van der Waals surface area contributed by atoms with Gasteiger partial charge < -0.3 is 10.2 Å². The van der Waals surface area contributed by atoms with E-state index in [0.717, 1.165) is 6.54 Å². The lowest BCUT2D eigenvalue weighted by Crippen LogP contribution is -2.47. The van der Waals surface area contributed by atoms with Gasteiger partial charge in [-0.25, -0.2) is 0 Å². The molecular weight excluding hydrogens is 196 g/mol. The zero-order valence-corrected chi connectivity index (χ0v) is 10.5. The molecule has 1 aromatic carbocycles. The van der Waals surface area contributed by atoms with E-state index in [1.807, 2.05) is 0 Å². The monoisotopic (exact) mass is 218 g/mol. The van der Waals surface area contributed by atoms with E-state index in [2.05, 4.69) is 55.4 Å². The van der Waals surface area contributed by atoms with Gasteiger partial charge in [0, 0.05) is 31.4 Å². The summed E-state index contributed by atoms with van der Waals surface area (Å²) in [5.41, 5.74) is 2.73. The number of aryl methyl sites for hydroxylation is 1. The number of nitrogens with one attached hydrogen (secondary N) is 1. The predicted molar refractivity (Wildman–Crippen MR) is 70.1 cm³/mol. The van der Waals surface area contributed by atoms with Crippen molar-refractivity contribution in [2.24, 2.45) is 0 Å². The Balaban J connectivity index is 2.07. The summed E-state index contributed by atoms with van der Waals surface area (Å²) < 4.78 is 0. The lowest BCUT2D eigenvalue weighted by molar-refractivity contribution is 0.376. The Labute approximate surface area is 98.7 Å². The maximum Gasteiger partial charge on any atom is 0.0412 e. The highest BCUT2D eigenvalue weighted by atomic mass is 15.2. The Hall–Kier alpha value is -1.02. The van der Waals surface area contributed by atoms with E-state index in [-0.39, 0.29) is 0 Å². The summed E-state index contributed by atoms with van der Waals surface area (Å²) in [7, 11) is 2.21. The maximum atomic E-state index is 3.56. The van der Waals surface area contributed by atoms with Gasteiger partial charge in [0.25, 0.3) is 0 Å². The van der Waals surface area contributed by atoms with Crippen LogP contribution >= 0.6 is 0 Å². The first-order valence-electron chi connectivity index (χ1n) is 6.20. The van der Waals surface area contributed by atoms with Gasteiger partial charge in [-0.2, -0.15) is 0 Å². The Bertz CT molecular complexity index is 340. The fraction of sp³-hybridized carbons (Fsp3) is 0.571. The Kier molecular flexibility index (Phi) is 3.49. The van der Waals surface area contributed by atoms with Crippen molar-refractivity contribution in [3.05, 3.63) is 29.8 Å². The second-order valence-electron chi connectivity index (χ2n) is 4.94. The molecule has 2 unspecified atom stereocenters. The number of para-hydroxylation sites is 1. The molecule has 0 aliphatic carbocycles. The number of likely N-dealkylation sites (N-methyl/N-ethyl adjacent to an activating group) is 1. The minimum atomic E-state index is 0.636. The molecule has 0 radical (unpaired) electrons. The van der Waals surface area contributed by atoms with Crippen LogP contribution in [0.25, 0.3) is 0 Å². The topological polar surface area (TPSA) is 15.3 Å². The molecule has 1 aromatic rings. The van der Waals surface area contributed by atoms with Gasteiger partial charge in [-0.1, -0.05) is 18.2 Å². The molecule has 0 aromatic heterocycles. The molecule has 1 aliphatic heterocycles. The van der Waals surface area contributed by atoms with Crippen LogP contribution in [-0.2, 0) is 0 Å². The van der Waals surface area contributed by atoms with Crippen molar-refractivity contribution in [2.75, 3.05) is 18.5 Å². The highest BCUT2D eigenvalue weighted by Gasteiger charge is 2.21. The zero-order chi connectivity index (χ0) is 11.5. The van der Waals surface area contributed by atoms with Gasteiger partial charge in [0.05, 0.1) is 0 Å². The molecule has 0 saturated carbocycles. The maximum absolute atomic E-state index is 3.56. The van der Waals surface area contributed by atoms with Gasteiger partial charge in [-0.05, 0) is 38.3 Å². The molecule has 88 valence electrons. The van der Waals surface area contributed by atoms with Crippen LogP contribution in [0.4, 0.5) is 5.69 Å². The van der Waals surface area contributed by atoms with Crippen molar-refractivity contribution in [3.8, 4) is 0 Å². The normalized spacial score (nSPS) is 25.4. The van der Waals surface area contributed by atoms with Gasteiger partial charge in [-0.15, -0.1) is 0 Å². The standard InChI is InChI=1S/C14H22N2/c1-11-6-4-5-7-14(11)16(3)13-9-8-12(2)15-10-13/h4-7,12-13,15H,8-10H2,1-3H3. The molecule has 1 aliphatic rings. The highest BCUT2D eigenvalue weighted by molar-refractivity contribution is 5.53. The first-order valence-corrected chi connectivity index (χ1v) is 6.20. The Morgan fingerprint density at radius 1 is 1.25 bits per heavy atom. The largest absolute Gasteiger partial charge is 0.370 e. The van der Waals surface area contributed by atoms with Crippen LogP contribution in [0.3, 0.4) is 0 Å². The van der Waals surface area contributed by atoms with Crippen LogP contribution in [-0.4, -0.2) is 25.7 Å². The summed E-state index contributed by atoms with van der Waals surface area (Å²) in [6.45, 7) is 5.56. The lowest BCUT2D eigenvalue weighted by Gasteiger charge is -2.36. The Morgan fingerprint density at radius 3 is 2.62 bits per heavy atom. The van der Waals surface area contributed by atoms with Gasteiger partial charge in [0.1, 0.15) is 0 Å². The number of rotatable bonds is 2. The van der Waals surface area contributed by atoms with Crippen molar-refractivity contribution in [1.82, 2.24) is 5.32 Å². The molecule has 0 amide bonds. The third-order valence-corrected chi connectivity index (χ3v) is 3.68. The second-order valence-corrected chi connectivity index (χ2v) is 4.94. The first-order chi connectivity index (χ1) is 7.68. The van der Waals surface area contributed by atoms with Crippen LogP contribution in [0.1, 0.15) is 25.3 Å². The second kappa shape index (κ2) is 4.88. The van der Waals surface area contributed by atoms with Crippen molar-refractivity contribution in [1.29, 1.82) is 0 Å². The summed E-state index contributed by atoms with van der Waals surface area (Å²) in [5, 5.41) is 3.56. The van der Waals surface area contributed by atoms with Crippen molar-refractivity contribution in [2.45, 2.75) is 38.8 Å². The molecule has 2 heteroatoms. The molecule has 0 bridgehead atoms. The average molecular weight is 218 g/mol. The van der Waals surface area contributed by atoms with Gasteiger partial charge >= 0.3 is 0 Å². The average Bonchev–Trinajstić information content (AvgIpc) is 2.30. The molecule has 1 saturated heterocycles. The molecule has 0 spiro atoms. The van der Waals surface area contributed by atoms with Gasteiger partial charge in [0.2, 0.25) is 0 Å². The summed E-state index contributed by atoms with van der Waals surface area (Å²) in [5.74, 6) is 0. The predicted octanol–water partition coefficient (Wildman–Crippen LogP) is 2.57. The van der Waals surface area contributed by atoms with Crippen molar-refractivity contribution < 1.29 is 0 Å². The van der Waals surface area contributed by atoms with Crippen LogP contribution in [0.5, 0.6) is 0 Å². The van der Waals surface area contributed by atoms with Crippen molar-refractivity contribution >= 4 is 5.69 Å². The molecule has 1 N–H and O–H groups in total. The third-order valence-electron chi connectivity index (χ3n) is 3.68. The molecule has 2 atom stereocenters. The molecule has 1 heterocycles. The van der Waals surface area contributed by atoms with Gasteiger partial charge in [0.15, 0.2) is 0 Å². The highest BCUT2D eigenvalue weighted by Crippen LogP contribution is 2.23. The number of hydrogen-bond acceptors (Lipinski definition) is 2. The summed E-state index contributed by atoms with van der Waals surface area (Å²) >= 11 is 0. The fourth-order valence-corrected chi connectivity index (χ4v) is 2.47. The zero-order valence-electron chi connectivity index (χ0n) is 10.5. The Morgan fingerprint density at radius 2 is 2.00 bits per heavy atom. The van der Waals surface area contributed by atoms with E-state index in [0.29, 0.717) is 12.1 Å². The van der Waals surface area contributed by atoms with E-state index in [4.69, 9.17) is 0 Å². The van der Waals surface area contributed by atoms with Crippen LogP contribution < -0.4 is 10.2 Å². The van der Waals surface area contributed by atoms with Crippen LogP contribution in [0.2, 0.25) is 0 Å². The van der Waals surface area contributed by atoms with Crippen LogP contribution in [0, 0.1) is 6.92 Å². The lowest BCUT2D eigenvalue weighted by atomic mass is 10.00. The number of piperidine rings is 1. The minimum absolute atomic E-state index is 0.636. The molecule has 2 nitrogen and oxygen atoms in total. The van der Waals surface area contributed by atoms with E-state index in [1.165, 1.54) is 24.1 Å². The van der Waals surface area contributed by atoms with E-state index in [9.17, 15) is 0 Å². The minimum Gasteiger partial charge on any atom is -0.370 e. The molecule has 16 heavy (non-hydrogen) atoms. The number of benzene rings is 1. The molecule has 1 fully saturated rings. The van der Waals surface area contributed by atoms with E-state index in [1.54, 1.807) is 0 Å².